The van der Waals surface area contributed by atoms with Crippen molar-refractivity contribution < 1.29 is 4.79 Å². The molecule has 2 aromatic heterocycles. The maximum atomic E-state index is 12.7. The summed E-state index contributed by atoms with van der Waals surface area (Å²) in [7, 11) is 0. The van der Waals surface area contributed by atoms with Crippen LogP contribution in [-0.4, -0.2) is 25.4 Å². The van der Waals surface area contributed by atoms with Crippen LogP contribution in [0.4, 0.5) is 0 Å². The fourth-order valence-corrected chi connectivity index (χ4v) is 3.48. The largest absolute Gasteiger partial charge is 0.342 e. The van der Waals surface area contributed by atoms with Crippen molar-refractivity contribution in [1.29, 1.82) is 0 Å². The topological polar surface area (TPSA) is 95.6 Å². The Morgan fingerprint density at radius 1 is 1.28 bits per heavy atom. The second-order valence-corrected chi connectivity index (χ2v) is 7.12. The molecule has 0 spiro atoms. The highest BCUT2D eigenvalue weighted by molar-refractivity contribution is 7.71. The number of amides is 1. The van der Waals surface area contributed by atoms with Gasteiger partial charge in [0.15, 0.2) is 4.77 Å². The number of para-hydroxylation sites is 2. The first kappa shape index (κ1) is 18.8. The monoisotopic (exact) mass is 405 g/mol. The number of rotatable bonds is 5. The van der Waals surface area contributed by atoms with Gasteiger partial charge in [0, 0.05) is 12.1 Å². The van der Waals surface area contributed by atoms with Gasteiger partial charge in [0.25, 0.3) is 11.5 Å². The molecule has 29 heavy (non-hydrogen) atoms. The van der Waals surface area contributed by atoms with Crippen LogP contribution in [0.2, 0.25) is 0 Å². The van der Waals surface area contributed by atoms with Crippen LogP contribution in [0.1, 0.15) is 29.1 Å². The molecule has 1 unspecified atom stereocenters. The van der Waals surface area contributed by atoms with Crippen LogP contribution in [0.5, 0.6) is 0 Å². The van der Waals surface area contributed by atoms with Gasteiger partial charge in [0.05, 0.1) is 28.0 Å². The number of nitrogens with zero attached hydrogens (tertiary/aromatic N) is 2. The van der Waals surface area contributed by atoms with E-state index in [1.807, 2.05) is 31.2 Å². The normalized spacial score (nSPS) is 12.2. The number of hydrogen-bond acceptors (Lipinski definition) is 4. The molecule has 0 bridgehead atoms. The molecular formula is C21H19N5O2S. The summed E-state index contributed by atoms with van der Waals surface area (Å²) in [5.41, 5.74) is 2.48. The summed E-state index contributed by atoms with van der Waals surface area (Å²) in [5.74, 6) is 0.404. The zero-order valence-electron chi connectivity index (χ0n) is 15.7. The Labute approximate surface area is 171 Å². The van der Waals surface area contributed by atoms with Crippen molar-refractivity contribution in [3.05, 3.63) is 81.6 Å². The fraction of sp³-hybridized carbons (Fsp3) is 0.143. The van der Waals surface area contributed by atoms with Crippen molar-refractivity contribution in [2.24, 2.45) is 0 Å². The van der Waals surface area contributed by atoms with E-state index < -0.39 is 0 Å². The predicted octanol–water partition coefficient (Wildman–Crippen LogP) is 3.61. The Morgan fingerprint density at radius 2 is 2.07 bits per heavy atom. The van der Waals surface area contributed by atoms with E-state index in [1.165, 1.54) is 4.57 Å². The Morgan fingerprint density at radius 3 is 2.83 bits per heavy atom. The predicted molar refractivity (Wildman–Crippen MR) is 116 cm³/mol. The number of fused-ring (bicyclic) bond motifs is 2. The van der Waals surface area contributed by atoms with Gasteiger partial charge in [0.1, 0.15) is 5.82 Å². The number of aromatic nitrogens is 4. The first-order valence-electron chi connectivity index (χ1n) is 9.11. The number of hydrogen-bond donors (Lipinski definition) is 3. The zero-order chi connectivity index (χ0) is 20.5. The van der Waals surface area contributed by atoms with Crippen LogP contribution >= 0.6 is 12.2 Å². The minimum Gasteiger partial charge on any atom is -0.342 e. The molecule has 0 saturated carbocycles. The van der Waals surface area contributed by atoms with Gasteiger partial charge in [-0.1, -0.05) is 18.2 Å². The maximum Gasteiger partial charge on any atom is 0.262 e. The number of carbonyl (C=O) groups excluding carboxylic acids is 1. The van der Waals surface area contributed by atoms with E-state index in [1.54, 1.807) is 24.3 Å². The van der Waals surface area contributed by atoms with Crippen molar-refractivity contribution in [2.45, 2.75) is 19.5 Å². The summed E-state index contributed by atoms with van der Waals surface area (Å²) < 4.78 is 1.71. The first-order chi connectivity index (χ1) is 14.0. The Hall–Kier alpha value is -3.52. The minimum absolute atomic E-state index is 0.216. The van der Waals surface area contributed by atoms with Crippen molar-refractivity contribution >= 4 is 40.1 Å². The van der Waals surface area contributed by atoms with E-state index in [9.17, 15) is 9.59 Å². The molecule has 0 aliphatic rings. The van der Waals surface area contributed by atoms with Gasteiger partial charge in [0.2, 0.25) is 0 Å². The average molecular weight is 405 g/mol. The third-order valence-corrected chi connectivity index (χ3v) is 5.04. The van der Waals surface area contributed by atoms with Crippen molar-refractivity contribution in [2.75, 3.05) is 0 Å². The number of allylic oxidation sites excluding steroid dienone is 1. The molecular weight excluding hydrogens is 386 g/mol. The van der Waals surface area contributed by atoms with Gasteiger partial charge in [-0.3, -0.25) is 14.2 Å². The van der Waals surface area contributed by atoms with Gasteiger partial charge in [-0.15, -0.1) is 6.58 Å². The Kier molecular flexibility index (Phi) is 4.85. The molecule has 146 valence electrons. The Balaban J connectivity index is 1.62. The third kappa shape index (κ3) is 3.50. The highest BCUT2D eigenvalue weighted by atomic mass is 32.1. The summed E-state index contributed by atoms with van der Waals surface area (Å²) in [6, 6.07) is 12.3. The summed E-state index contributed by atoms with van der Waals surface area (Å²) in [6.07, 6.45) is 1.61. The number of nitrogens with one attached hydrogen (secondary N) is 3. The molecule has 3 N–H and O–H groups in total. The van der Waals surface area contributed by atoms with Crippen LogP contribution in [-0.2, 0) is 6.54 Å². The third-order valence-electron chi connectivity index (χ3n) is 4.72. The second kappa shape index (κ2) is 7.48. The summed E-state index contributed by atoms with van der Waals surface area (Å²) >= 11 is 5.25. The van der Waals surface area contributed by atoms with Crippen LogP contribution in [0.25, 0.3) is 21.9 Å². The quantitative estimate of drug-likeness (QED) is 0.349. The SMILES string of the molecule is C=CCn1c(=S)[nH]c2cc(C(=O)NC(C)c3nc4ccccc4[nH]3)ccc2c1=O. The van der Waals surface area contributed by atoms with E-state index in [-0.39, 0.29) is 22.3 Å². The fourth-order valence-electron chi connectivity index (χ4n) is 3.22. The molecule has 7 nitrogen and oxygen atoms in total. The van der Waals surface area contributed by atoms with Crippen LogP contribution < -0.4 is 10.9 Å². The van der Waals surface area contributed by atoms with Crippen LogP contribution in [0.3, 0.4) is 0 Å². The summed E-state index contributed by atoms with van der Waals surface area (Å²) in [6.45, 7) is 5.82. The number of benzene rings is 2. The molecule has 8 heteroatoms. The molecule has 2 aromatic carbocycles. The molecule has 0 aliphatic carbocycles. The van der Waals surface area contributed by atoms with E-state index in [0.717, 1.165) is 11.0 Å². The molecule has 1 amide bonds. The van der Waals surface area contributed by atoms with Crippen LogP contribution in [0.15, 0.2) is 59.9 Å². The van der Waals surface area contributed by atoms with Crippen molar-refractivity contribution in [1.82, 2.24) is 24.8 Å². The van der Waals surface area contributed by atoms with Gasteiger partial charge >= 0.3 is 0 Å². The van der Waals surface area contributed by atoms with Gasteiger partial charge in [-0.2, -0.15) is 0 Å². The molecule has 4 aromatic rings. The minimum atomic E-state index is -0.315. The maximum absolute atomic E-state index is 12.7. The lowest BCUT2D eigenvalue weighted by Crippen LogP contribution is -2.27. The Bertz CT molecular complexity index is 1330. The second-order valence-electron chi connectivity index (χ2n) is 6.73. The summed E-state index contributed by atoms with van der Waals surface area (Å²) in [4.78, 5) is 36.1. The number of imidazole rings is 1. The smallest absolute Gasteiger partial charge is 0.262 e. The standard InChI is InChI=1S/C21H19N5O2S/c1-3-10-26-20(28)14-9-8-13(11-17(14)25-21(26)29)19(27)22-12(2)18-23-15-6-4-5-7-16(15)24-18/h3-9,11-12H,1,10H2,2H3,(H,22,27)(H,23,24)(H,25,29). The molecule has 4 rings (SSSR count). The van der Waals surface area contributed by atoms with Gasteiger partial charge in [-0.25, -0.2) is 4.98 Å². The number of aromatic amines is 2. The molecule has 0 fully saturated rings. The highest BCUT2D eigenvalue weighted by Gasteiger charge is 2.16. The van der Waals surface area contributed by atoms with E-state index >= 15 is 0 Å². The lowest BCUT2D eigenvalue weighted by Gasteiger charge is -2.12. The number of H-pyrrole nitrogens is 2. The lowest BCUT2D eigenvalue weighted by molar-refractivity contribution is 0.0938. The van der Waals surface area contributed by atoms with Crippen molar-refractivity contribution in [3.8, 4) is 0 Å². The molecule has 0 radical (unpaired) electrons. The molecule has 2 heterocycles. The molecule has 1 atom stereocenters. The average Bonchev–Trinajstić information content (AvgIpc) is 3.15. The van der Waals surface area contributed by atoms with Gasteiger partial charge in [-0.05, 0) is 49.5 Å². The number of carbonyl (C=O) groups is 1. The highest BCUT2D eigenvalue weighted by Crippen LogP contribution is 2.17. The summed E-state index contributed by atoms with van der Waals surface area (Å²) in [5, 5.41) is 3.39. The van der Waals surface area contributed by atoms with E-state index in [0.29, 0.717) is 28.8 Å². The lowest BCUT2D eigenvalue weighted by atomic mass is 10.1. The first-order valence-corrected chi connectivity index (χ1v) is 9.52. The molecule has 0 aliphatic heterocycles. The van der Waals surface area contributed by atoms with E-state index in [4.69, 9.17) is 12.2 Å². The van der Waals surface area contributed by atoms with Crippen molar-refractivity contribution in [3.63, 3.8) is 0 Å². The van der Waals surface area contributed by atoms with Crippen LogP contribution in [0, 0.1) is 4.77 Å². The van der Waals surface area contributed by atoms with Gasteiger partial charge < -0.3 is 15.3 Å². The molecule has 0 saturated heterocycles. The zero-order valence-corrected chi connectivity index (χ0v) is 16.5. The van der Waals surface area contributed by atoms with E-state index in [2.05, 4.69) is 26.8 Å².